The fraction of sp³-hybridized carbons (Fsp3) is 0.889. The Hall–Kier alpha value is -0.440. The lowest BCUT2D eigenvalue weighted by Crippen LogP contribution is -2.40. The molecule has 0 saturated heterocycles. The number of alkyl halides is 2. The minimum atomic E-state index is -4.04. The average molecular weight is 269 g/mol. The van der Waals surface area contributed by atoms with Crippen LogP contribution in [0.3, 0.4) is 0 Å². The molecule has 0 aromatic rings. The number of aliphatic hydroxyl groups is 1. The highest BCUT2D eigenvalue weighted by molar-refractivity contribution is 7.96. The first kappa shape index (κ1) is 13.0. The van der Waals surface area contributed by atoms with Crippen LogP contribution in [0.1, 0.15) is 19.3 Å². The predicted octanol–water partition coefficient (Wildman–Crippen LogP) is 0.222. The number of fused-ring (bicyclic) bond motifs is 2. The first-order chi connectivity index (χ1) is 7.95. The van der Waals surface area contributed by atoms with Crippen LogP contribution in [0.25, 0.3) is 0 Å². The van der Waals surface area contributed by atoms with Crippen LogP contribution in [-0.2, 0) is 13.9 Å². The maximum atomic E-state index is 12.9. The quantitative estimate of drug-likeness (QED) is 0.340. The molecule has 0 radical (unpaired) electrons. The molecular weight excluding hydrogens is 258 g/mol. The van der Waals surface area contributed by atoms with E-state index in [9.17, 15) is 23.9 Å². The zero-order valence-electron chi connectivity index (χ0n) is 8.68. The summed E-state index contributed by atoms with van der Waals surface area (Å²) < 4.78 is 33.4. The molecule has 0 spiro atoms. The van der Waals surface area contributed by atoms with Crippen molar-refractivity contribution in [3.63, 3.8) is 0 Å². The summed E-state index contributed by atoms with van der Waals surface area (Å²) in [6, 6.07) is 0. The van der Waals surface area contributed by atoms with Crippen molar-refractivity contribution in [3.05, 3.63) is 0 Å². The van der Waals surface area contributed by atoms with E-state index in [0.29, 0.717) is 6.42 Å². The van der Waals surface area contributed by atoms with Crippen molar-refractivity contribution in [1.29, 1.82) is 0 Å². The number of carbonyl (C=O) groups is 1. The van der Waals surface area contributed by atoms with Gasteiger partial charge in [-0.3, -0.25) is 0 Å². The van der Waals surface area contributed by atoms with Crippen molar-refractivity contribution >= 4 is 18.0 Å². The molecule has 2 bridgehead atoms. The lowest BCUT2D eigenvalue weighted by molar-refractivity contribution is -0.630. The SMILES string of the molecule is O=C(OC1C2CCC(C2)C1O)C(F)(F)SO[O-]. The number of aliphatic hydroxyl groups excluding tert-OH is 1. The first-order valence-electron chi connectivity index (χ1n) is 5.20. The van der Waals surface area contributed by atoms with Gasteiger partial charge in [-0.1, -0.05) is 0 Å². The monoisotopic (exact) mass is 269 g/mol. The van der Waals surface area contributed by atoms with Gasteiger partial charge < -0.3 is 19.4 Å². The molecule has 1 N–H and O–H groups in total. The third-order valence-corrected chi connectivity index (χ3v) is 3.86. The average Bonchev–Trinajstić information content (AvgIpc) is 2.82. The highest BCUT2D eigenvalue weighted by atomic mass is 32.2. The van der Waals surface area contributed by atoms with E-state index in [4.69, 9.17) is 0 Å². The second kappa shape index (κ2) is 4.68. The molecule has 2 saturated carbocycles. The fourth-order valence-electron chi connectivity index (χ4n) is 2.64. The van der Waals surface area contributed by atoms with Gasteiger partial charge in [-0.2, -0.15) is 8.78 Å². The number of esters is 1. The van der Waals surface area contributed by atoms with Crippen LogP contribution in [-0.4, -0.2) is 28.5 Å². The van der Waals surface area contributed by atoms with Crippen LogP contribution >= 0.6 is 12.0 Å². The van der Waals surface area contributed by atoms with Crippen molar-refractivity contribution in [2.45, 2.75) is 36.7 Å². The number of rotatable bonds is 4. The van der Waals surface area contributed by atoms with Crippen molar-refractivity contribution in [2.75, 3.05) is 0 Å². The number of hydrogen-bond donors (Lipinski definition) is 1. The molecule has 2 fully saturated rings. The van der Waals surface area contributed by atoms with Gasteiger partial charge in [0.2, 0.25) is 0 Å². The van der Waals surface area contributed by atoms with Gasteiger partial charge in [-0.15, -0.1) is 0 Å². The Morgan fingerprint density at radius 2 is 2.06 bits per heavy atom. The van der Waals surface area contributed by atoms with Gasteiger partial charge in [0, 0.05) is 0 Å². The van der Waals surface area contributed by atoms with E-state index in [0.717, 1.165) is 12.8 Å². The van der Waals surface area contributed by atoms with Gasteiger partial charge in [0.1, 0.15) is 6.10 Å². The molecule has 17 heavy (non-hydrogen) atoms. The summed E-state index contributed by atoms with van der Waals surface area (Å²) in [5, 5.41) is 15.3. The molecule has 2 aliphatic carbocycles. The summed E-state index contributed by atoms with van der Waals surface area (Å²) in [4.78, 5) is 11.1. The molecule has 0 aromatic heterocycles. The largest absolute Gasteiger partial charge is 0.710 e. The number of hydrogen-bond acceptors (Lipinski definition) is 6. The Morgan fingerprint density at radius 1 is 1.41 bits per heavy atom. The molecule has 0 aromatic carbocycles. The van der Waals surface area contributed by atoms with E-state index >= 15 is 0 Å². The van der Waals surface area contributed by atoms with Gasteiger partial charge in [-0.25, -0.2) is 4.79 Å². The van der Waals surface area contributed by atoms with Crippen LogP contribution in [0.4, 0.5) is 8.78 Å². The van der Waals surface area contributed by atoms with Gasteiger partial charge in [0.05, 0.1) is 18.1 Å². The second-order valence-corrected chi connectivity index (χ2v) is 5.18. The van der Waals surface area contributed by atoms with Gasteiger partial charge in [0.25, 0.3) is 0 Å². The van der Waals surface area contributed by atoms with Gasteiger partial charge in [0.15, 0.2) is 0 Å². The van der Waals surface area contributed by atoms with Crippen LogP contribution in [0.5, 0.6) is 0 Å². The molecule has 98 valence electrons. The van der Waals surface area contributed by atoms with E-state index in [1.807, 2.05) is 0 Å². The maximum absolute atomic E-state index is 12.9. The number of carbonyl (C=O) groups excluding carboxylic acids is 1. The molecule has 2 aliphatic rings. The summed E-state index contributed by atoms with van der Waals surface area (Å²) in [6.45, 7) is 0. The zero-order valence-corrected chi connectivity index (χ0v) is 9.49. The normalized spacial score (nSPS) is 36.2. The van der Waals surface area contributed by atoms with E-state index in [1.165, 1.54) is 0 Å². The Kier molecular flexibility index (Phi) is 3.58. The lowest BCUT2D eigenvalue weighted by atomic mass is 9.95. The Labute approximate surface area is 100 Å². The summed E-state index contributed by atoms with van der Waals surface area (Å²) in [7, 11) is 0. The van der Waals surface area contributed by atoms with Crippen LogP contribution in [0, 0.1) is 11.8 Å². The van der Waals surface area contributed by atoms with Crippen LogP contribution < -0.4 is 5.26 Å². The van der Waals surface area contributed by atoms with Crippen molar-refractivity contribution in [3.8, 4) is 0 Å². The van der Waals surface area contributed by atoms with Crippen molar-refractivity contribution < 1.29 is 33.0 Å². The predicted molar refractivity (Wildman–Crippen MR) is 50.3 cm³/mol. The molecule has 0 aliphatic heterocycles. The number of ether oxygens (including phenoxy) is 1. The van der Waals surface area contributed by atoms with Crippen LogP contribution in [0.2, 0.25) is 0 Å². The second-order valence-electron chi connectivity index (χ2n) is 4.36. The van der Waals surface area contributed by atoms with E-state index in [-0.39, 0.29) is 11.8 Å². The van der Waals surface area contributed by atoms with Gasteiger partial charge >= 0.3 is 11.2 Å². The summed E-state index contributed by atoms with van der Waals surface area (Å²) in [5.41, 5.74) is 0. The minimum absolute atomic E-state index is 0.0230. The fourth-order valence-corrected chi connectivity index (χ4v) is 2.84. The number of halogens is 2. The Bertz CT molecular complexity index is 312. The van der Waals surface area contributed by atoms with Crippen LogP contribution in [0.15, 0.2) is 0 Å². The molecule has 5 nitrogen and oxygen atoms in total. The summed E-state index contributed by atoms with van der Waals surface area (Å²) >= 11 is -0.799. The molecule has 8 heteroatoms. The highest BCUT2D eigenvalue weighted by Gasteiger charge is 2.52. The Balaban J connectivity index is 1.95. The Morgan fingerprint density at radius 3 is 2.59 bits per heavy atom. The zero-order chi connectivity index (χ0) is 12.6. The molecule has 4 atom stereocenters. The molecule has 4 unspecified atom stereocenters. The van der Waals surface area contributed by atoms with E-state index in [2.05, 4.69) is 9.07 Å². The highest BCUT2D eigenvalue weighted by Crippen LogP contribution is 2.46. The smallest absolute Gasteiger partial charge is 0.412 e. The molecule has 2 rings (SSSR count). The third kappa shape index (κ3) is 2.40. The van der Waals surface area contributed by atoms with Crippen molar-refractivity contribution in [1.82, 2.24) is 0 Å². The molecule has 0 amide bonds. The summed E-state index contributed by atoms with van der Waals surface area (Å²) in [5.74, 6) is -1.88. The maximum Gasteiger partial charge on any atom is 0.412 e. The first-order valence-corrected chi connectivity index (χ1v) is 5.94. The third-order valence-electron chi connectivity index (χ3n) is 3.42. The van der Waals surface area contributed by atoms with E-state index < -0.39 is 35.5 Å². The lowest BCUT2D eigenvalue weighted by Gasteiger charge is -2.28. The topological polar surface area (TPSA) is 78.8 Å². The minimum Gasteiger partial charge on any atom is -0.710 e. The van der Waals surface area contributed by atoms with Crippen molar-refractivity contribution in [2.24, 2.45) is 11.8 Å². The van der Waals surface area contributed by atoms with E-state index in [1.54, 1.807) is 0 Å². The molecule has 0 heterocycles. The standard InChI is InChI=1S/C9H12F2O5S/c10-9(11,17-16-14)8(13)15-7-5-2-1-4(3-5)6(7)12/h4-7,12,14H,1-3H2/p-1. The van der Waals surface area contributed by atoms with Gasteiger partial charge in [-0.05, 0) is 31.1 Å². The molecular formula is C9H11F2O5S-. The summed E-state index contributed by atoms with van der Waals surface area (Å²) in [6.07, 6.45) is 0.507.